The van der Waals surface area contributed by atoms with Crippen molar-refractivity contribution in [2.24, 2.45) is 0 Å². The van der Waals surface area contributed by atoms with Crippen LogP contribution in [-0.4, -0.2) is 18.2 Å². The third kappa shape index (κ3) is 5.58. The van der Waals surface area contributed by atoms with E-state index in [1.54, 1.807) is 0 Å². The number of anilines is 2. The van der Waals surface area contributed by atoms with Gasteiger partial charge in [-0.1, -0.05) is 23.9 Å². The Kier molecular flexibility index (Phi) is 6.41. The summed E-state index contributed by atoms with van der Waals surface area (Å²) in [5.74, 6) is -4.76. The number of carbonyl (C=O) groups is 1. The second-order valence-corrected chi connectivity index (χ2v) is 6.00. The van der Waals surface area contributed by atoms with Crippen LogP contribution in [0.15, 0.2) is 47.4 Å². The molecule has 0 spiro atoms. The van der Waals surface area contributed by atoms with Crippen molar-refractivity contribution >= 4 is 29.0 Å². The third-order valence-corrected chi connectivity index (χ3v) is 3.89. The molecule has 2 N–H and O–H groups in total. The molecule has 0 saturated heterocycles. The Morgan fingerprint density at radius 3 is 2.46 bits per heavy atom. The van der Waals surface area contributed by atoms with Crippen molar-refractivity contribution in [2.45, 2.75) is 16.8 Å². The molecule has 3 nitrogen and oxygen atoms in total. The quantitative estimate of drug-likeness (QED) is 0.522. The summed E-state index contributed by atoms with van der Waals surface area (Å²) in [6.07, 6.45) is -4.87. The van der Waals surface area contributed by atoms with Crippen molar-refractivity contribution in [3.05, 3.63) is 53.8 Å². The lowest BCUT2D eigenvalue weighted by atomic mass is 10.2. The van der Waals surface area contributed by atoms with Gasteiger partial charge in [-0.25, -0.2) is 4.39 Å². The maximum absolute atomic E-state index is 13.2. The van der Waals surface area contributed by atoms with Crippen LogP contribution in [0.4, 0.5) is 37.7 Å². The summed E-state index contributed by atoms with van der Waals surface area (Å²) in [5, 5.41) is 4.82. The normalized spacial score (nSPS) is 11.5. The Balaban J connectivity index is 2.02. The predicted octanol–water partition coefficient (Wildman–Crippen LogP) is 5.21. The highest BCUT2D eigenvalue weighted by Crippen LogP contribution is 2.33. The number of amides is 1. The lowest BCUT2D eigenvalue weighted by molar-refractivity contribution is -0.139. The second kappa shape index (κ2) is 8.35. The van der Waals surface area contributed by atoms with Gasteiger partial charge in [0, 0.05) is 10.6 Å². The van der Waals surface area contributed by atoms with Crippen LogP contribution in [0, 0.1) is 5.82 Å². The highest BCUT2D eigenvalue weighted by Gasteiger charge is 2.34. The largest absolute Gasteiger partial charge is 0.419 e. The minimum atomic E-state index is -4.87. The Morgan fingerprint density at radius 2 is 1.81 bits per heavy atom. The minimum absolute atomic E-state index is 0.107. The van der Waals surface area contributed by atoms with Crippen molar-refractivity contribution < 1.29 is 31.1 Å². The summed E-state index contributed by atoms with van der Waals surface area (Å²) in [6.45, 7) is -0.434. The zero-order valence-electron chi connectivity index (χ0n) is 12.9. The van der Waals surface area contributed by atoms with Gasteiger partial charge in [-0.2, -0.15) is 22.0 Å². The molecule has 0 aliphatic heterocycles. The molecule has 0 heterocycles. The zero-order valence-corrected chi connectivity index (χ0v) is 13.7. The molecule has 0 unspecified atom stereocenters. The topological polar surface area (TPSA) is 41.1 Å². The van der Waals surface area contributed by atoms with Gasteiger partial charge >= 0.3 is 6.18 Å². The Labute approximate surface area is 148 Å². The van der Waals surface area contributed by atoms with Gasteiger partial charge in [-0.15, -0.1) is 0 Å². The number of thioether (sulfide) groups is 1. The van der Waals surface area contributed by atoms with E-state index in [9.17, 15) is 31.1 Å². The van der Waals surface area contributed by atoms with Gasteiger partial charge in [0.2, 0.25) is 5.91 Å². The van der Waals surface area contributed by atoms with E-state index < -0.39 is 35.8 Å². The fourth-order valence-corrected chi connectivity index (χ4v) is 2.59. The summed E-state index contributed by atoms with van der Waals surface area (Å²) in [4.78, 5) is 12.1. The van der Waals surface area contributed by atoms with Crippen LogP contribution in [0.3, 0.4) is 0 Å². The van der Waals surface area contributed by atoms with Gasteiger partial charge in [0.25, 0.3) is 5.76 Å². The fourth-order valence-electron chi connectivity index (χ4n) is 2.00. The first kappa shape index (κ1) is 20.0. The van der Waals surface area contributed by atoms with Gasteiger partial charge in [-0.05, 0) is 30.3 Å². The third-order valence-electron chi connectivity index (χ3n) is 3.10. The van der Waals surface area contributed by atoms with Crippen molar-refractivity contribution in [3.63, 3.8) is 0 Å². The van der Waals surface area contributed by atoms with Crippen LogP contribution in [0.5, 0.6) is 0 Å². The molecule has 0 fully saturated rings. The van der Waals surface area contributed by atoms with E-state index in [1.807, 2.05) is 0 Å². The molecule has 10 heteroatoms. The summed E-state index contributed by atoms with van der Waals surface area (Å²) < 4.78 is 76.1. The zero-order chi connectivity index (χ0) is 19.3. The Morgan fingerprint density at radius 1 is 1.12 bits per heavy atom. The molecule has 0 aromatic heterocycles. The standard InChI is InChI=1S/C16H12F6N2OS/c17-11-6-5-9(7-10(11)16(20,21)22)23-8-14(25)24-12-3-1-2-4-13(12)26-15(18)19/h1-7,15,23H,8H2,(H,24,25). The van der Waals surface area contributed by atoms with Crippen LogP contribution in [0.25, 0.3) is 0 Å². The Bertz CT molecular complexity index is 782. The average molecular weight is 394 g/mol. The number of rotatable bonds is 6. The number of alkyl halides is 5. The first-order valence-corrected chi connectivity index (χ1v) is 7.99. The number of halogens is 6. The molecular formula is C16H12F6N2OS. The summed E-state index contributed by atoms with van der Waals surface area (Å²) >= 11 is 0.253. The average Bonchev–Trinajstić information content (AvgIpc) is 2.54. The summed E-state index contributed by atoms with van der Waals surface area (Å²) in [6, 6.07) is 8.11. The minimum Gasteiger partial charge on any atom is -0.376 e. The van der Waals surface area contributed by atoms with Crippen LogP contribution in [0.1, 0.15) is 5.56 Å². The molecule has 2 rings (SSSR count). The van der Waals surface area contributed by atoms with Crippen LogP contribution < -0.4 is 10.6 Å². The molecule has 0 bridgehead atoms. The highest BCUT2D eigenvalue weighted by molar-refractivity contribution is 7.99. The molecule has 26 heavy (non-hydrogen) atoms. The maximum atomic E-state index is 13.2. The maximum Gasteiger partial charge on any atom is 0.419 e. The number of hydrogen-bond acceptors (Lipinski definition) is 3. The van der Waals surface area contributed by atoms with Crippen molar-refractivity contribution in [2.75, 3.05) is 17.2 Å². The van der Waals surface area contributed by atoms with Crippen LogP contribution >= 0.6 is 11.8 Å². The lowest BCUT2D eigenvalue weighted by Crippen LogP contribution is -2.22. The van der Waals surface area contributed by atoms with Gasteiger partial charge in [0.1, 0.15) is 5.82 Å². The smallest absolute Gasteiger partial charge is 0.376 e. The first-order valence-electron chi connectivity index (χ1n) is 7.11. The van der Waals surface area contributed by atoms with E-state index in [2.05, 4.69) is 10.6 Å². The van der Waals surface area contributed by atoms with Crippen LogP contribution in [-0.2, 0) is 11.0 Å². The Hall–Kier alpha value is -2.36. The molecule has 2 aromatic rings. The molecular weight excluding hydrogens is 382 g/mol. The first-order chi connectivity index (χ1) is 12.2. The molecule has 0 radical (unpaired) electrons. The van der Waals surface area contributed by atoms with E-state index in [0.29, 0.717) is 12.1 Å². The number of carbonyl (C=O) groups excluding carboxylic acids is 1. The summed E-state index contributed by atoms with van der Waals surface area (Å²) in [7, 11) is 0. The van der Waals surface area contributed by atoms with E-state index in [0.717, 1.165) is 6.07 Å². The molecule has 0 aliphatic carbocycles. The van der Waals surface area contributed by atoms with E-state index in [4.69, 9.17) is 0 Å². The fraction of sp³-hybridized carbons (Fsp3) is 0.188. The highest BCUT2D eigenvalue weighted by atomic mass is 32.2. The van der Waals surface area contributed by atoms with Gasteiger partial charge < -0.3 is 10.6 Å². The number of nitrogens with one attached hydrogen (secondary N) is 2. The molecule has 1 amide bonds. The predicted molar refractivity (Wildman–Crippen MR) is 86.8 cm³/mol. The van der Waals surface area contributed by atoms with Crippen molar-refractivity contribution in [1.29, 1.82) is 0 Å². The SMILES string of the molecule is O=C(CNc1ccc(F)c(C(F)(F)F)c1)Nc1ccccc1SC(F)F. The van der Waals surface area contributed by atoms with E-state index in [-0.39, 0.29) is 28.0 Å². The van der Waals surface area contributed by atoms with E-state index in [1.165, 1.54) is 24.3 Å². The van der Waals surface area contributed by atoms with E-state index >= 15 is 0 Å². The molecule has 2 aromatic carbocycles. The van der Waals surface area contributed by atoms with Crippen molar-refractivity contribution in [3.8, 4) is 0 Å². The summed E-state index contributed by atoms with van der Waals surface area (Å²) in [5.41, 5.74) is -1.41. The number of para-hydroxylation sites is 1. The molecule has 0 saturated carbocycles. The molecule has 140 valence electrons. The van der Waals surface area contributed by atoms with Gasteiger partial charge in [-0.3, -0.25) is 4.79 Å². The number of hydrogen-bond donors (Lipinski definition) is 2. The lowest BCUT2D eigenvalue weighted by Gasteiger charge is -2.13. The molecule has 0 atom stereocenters. The van der Waals surface area contributed by atoms with Crippen molar-refractivity contribution in [1.82, 2.24) is 0 Å². The molecule has 0 aliphatic rings. The monoisotopic (exact) mass is 394 g/mol. The second-order valence-electron chi connectivity index (χ2n) is 4.97. The van der Waals surface area contributed by atoms with Gasteiger partial charge in [0.05, 0.1) is 17.8 Å². The van der Waals surface area contributed by atoms with Gasteiger partial charge in [0.15, 0.2) is 0 Å². The van der Waals surface area contributed by atoms with Crippen LogP contribution in [0.2, 0.25) is 0 Å². The number of benzene rings is 2.